The van der Waals surface area contributed by atoms with Gasteiger partial charge in [0.15, 0.2) is 11.9 Å². The molecule has 4 aliphatic rings. The van der Waals surface area contributed by atoms with Crippen molar-refractivity contribution in [1.29, 1.82) is 0 Å². The predicted octanol–water partition coefficient (Wildman–Crippen LogP) is 11.1. The number of aromatic nitrogens is 5. The standard InChI is InChI=1S/C93H107Cl4N15O13/c1-58-86(115)100-76(54-122-9)88(117)102-92(46-60-13-23-69(94)24-14-60)34-11-36-108(56-92)90(119)67(42-84(113)110(58)50-65-17-27-71(96)44-80(65)124-74-29-19-63(20-30-74)78-48-98-82(106(78)7)52-104(3)4)39-62-33-38-112(121)73(40-62)41-68-43-85(114)111(51-66-18-28-72(97)45-81(66)125-75-31-21-64(22-32-75)79-49-99-83(107(79)8)53-105(5)6)59(2)87(116)101-77(55-123-10)89(118)103-93(35-12-37-109(57-93)91(68)120)47-61-15-25-70(95)26-16-61/h13-33,38,40,44-45,48-49,58-59,67-68,76-77H,11-12,34-37,39,41-43,46-47,50-57H2,1-10H3,(H,100,115)(H,101,116)(H,102,117)(H,103,118)/t58-,59-,67+,68+,76-,77-,92+,93+/m0/s1. The number of ether oxygens (including phenoxy) is 4. The van der Waals surface area contributed by atoms with Crippen molar-refractivity contribution in [3.8, 4) is 45.5 Å². The maximum absolute atomic E-state index is 16.2. The number of fused-ring (bicyclic) bond motifs is 4. The number of hydrogen-bond acceptors (Lipinski definition) is 17. The van der Waals surface area contributed by atoms with Gasteiger partial charge in [-0.1, -0.05) is 82.8 Å². The quantitative estimate of drug-likeness (QED) is 0.0289. The Morgan fingerprint density at radius 2 is 0.904 bits per heavy atom. The molecule has 13 rings (SSSR count). The monoisotopic (exact) mass is 1780 g/mol. The molecule has 125 heavy (non-hydrogen) atoms. The van der Waals surface area contributed by atoms with Crippen LogP contribution in [0.3, 0.4) is 0 Å². The largest absolute Gasteiger partial charge is 0.619 e. The van der Waals surface area contributed by atoms with E-state index < -0.39 is 107 Å². The van der Waals surface area contributed by atoms with Gasteiger partial charge in [-0.05, 0) is 201 Å². The number of halogens is 4. The van der Waals surface area contributed by atoms with E-state index >= 15 is 38.4 Å². The number of piperidine rings is 2. The molecule has 0 radical (unpaired) electrons. The molecule has 0 aliphatic carbocycles. The number of nitrogens with one attached hydrogen (secondary N) is 4. The first-order valence-electron chi connectivity index (χ1n) is 41.9. The Hall–Kier alpha value is -11.0. The molecule has 8 amide bonds. The van der Waals surface area contributed by atoms with Crippen LogP contribution in [-0.2, 0) is 114 Å². The van der Waals surface area contributed by atoms with E-state index in [1.165, 1.54) is 50.1 Å². The third kappa shape index (κ3) is 22.7. The number of pyridine rings is 1. The minimum Gasteiger partial charge on any atom is -0.619 e. The molecule has 4 N–H and O–H groups in total. The first-order valence-corrected chi connectivity index (χ1v) is 43.4. The van der Waals surface area contributed by atoms with Crippen LogP contribution < -0.4 is 35.5 Å². The normalized spacial score (nSPS) is 21.5. The number of benzene rings is 6. The van der Waals surface area contributed by atoms with Crippen LogP contribution in [0.5, 0.6) is 23.0 Å². The Bertz CT molecular complexity index is 5410. The molecule has 660 valence electrons. The highest BCUT2D eigenvalue weighted by molar-refractivity contribution is 6.31. The third-order valence-electron chi connectivity index (χ3n) is 23.8. The van der Waals surface area contributed by atoms with Gasteiger partial charge in [0.1, 0.15) is 58.8 Å². The number of amides is 8. The average Bonchev–Trinajstić information content (AvgIpc) is 1.64. The lowest BCUT2D eigenvalue weighted by atomic mass is 9.81. The molecule has 7 heterocycles. The SMILES string of the molecule is COC[C@@H]1NC(=O)[C@H](C)N(Cc2ccc(Cl)cc2Oc2ccc(-c3cnc(CN(C)C)n3C)cc2)C(=O)C[C@@H](Cc2cc[n+]([O-])c(C[C@@H]3CC(=O)N(Cc4ccc(Cl)cc4Oc4ccc(-c5cnc(CN(C)C)n5C)cc4)[C@@H](C)C(=O)N[C@@H](COC)C(=O)N[C@@]4(Cc5ccc(Cl)cc5)CCCN(C4)C3=O)c2)C(=O)N2CCC[C@@](Cc3ccc(Cl)cc3)(C2)NC1=O. The summed E-state index contributed by atoms with van der Waals surface area (Å²) in [7, 11) is 14.6. The Balaban J connectivity index is 0.863. The highest BCUT2D eigenvalue weighted by Crippen LogP contribution is 2.38. The summed E-state index contributed by atoms with van der Waals surface area (Å²) < 4.78 is 29.1. The molecule has 4 aliphatic heterocycles. The van der Waals surface area contributed by atoms with Gasteiger partial charge in [0.05, 0.1) is 86.1 Å². The van der Waals surface area contributed by atoms with Crippen LogP contribution in [0, 0.1) is 17.0 Å². The Labute approximate surface area is 748 Å². The minimum atomic E-state index is -1.35. The van der Waals surface area contributed by atoms with Gasteiger partial charge in [-0.25, -0.2) is 9.97 Å². The summed E-state index contributed by atoms with van der Waals surface area (Å²) >= 11 is 26.4. The van der Waals surface area contributed by atoms with Crippen LogP contribution in [0.25, 0.3) is 22.5 Å². The number of methoxy groups -OCH3 is 2. The zero-order chi connectivity index (χ0) is 89.1. The van der Waals surface area contributed by atoms with Gasteiger partial charge >= 0.3 is 0 Å². The zero-order valence-electron chi connectivity index (χ0n) is 71.9. The highest BCUT2D eigenvalue weighted by Gasteiger charge is 2.47. The molecule has 4 fully saturated rings. The molecule has 0 saturated carbocycles. The fourth-order valence-corrected chi connectivity index (χ4v) is 17.8. The summed E-state index contributed by atoms with van der Waals surface area (Å²) in [6.45, 7) is 3.58. The molecule has 28 nitrogen and oxygen atoms in total. The Kier molecular flexibility index (Phi) is 29.8. The van der Waals surface area contributed by atoms with Crippen LogP contribution in [-0.4, -0.2) is 213 Å². The fraction of sp³-hybridized carbons (Fsp3) is 0.409. The highest BCUT2D eigenvalue weighted by atomic mass is 35.5. The van der Waals surface area contributed by atoms with Crippen molar-refractivity contribution >= 4 is 93.7 Å². The molecule has 9 aromatic rings. The van der Waals surface area contributed by atoms with Gasteiger partial charge in [0, 0.05) is 128 Å². The summed E-state index contributed by atoms with van der Waals surface area (Å²) in [6.07, 6.45) is 5.31. The predicted molar refractivity (Wildman–Crippen MR) is 475 cm³/mol. The molecular formula is C93H107Cl4N15O13. The lowest BCUT2D eigenvalue weighted by Gasteiger charge is -2.45. The Morgan fingerprint density at radius 1 is 0.504 bits per heavy atom. The van der Waals surface area contributed by atoms with E-state index in [0.717, 1.165) is 45.3 Å². The molecule has 6 aromatic carbocycles. The van der Waals surface area contributed by atoms with Crippen molar-refractivity contribution in [2.75, 3.05) is 81.8 Å². The summed E-state index contributed by atoms with van der Waals surface area (Å²) in [4.78, 5) is 144. The van der Waals surface area contributed by atoms with Crippen molar-refractivity contribution in [2.45, 2.75) is 139 Å². The number of nitrogens with zero attached hydrogens (tertiary/aromatic N) is 11. The van der Waals surface area contributed by atoms with Crippen LogP contribution in [0.2, 0.25) is 20.1 Å². The summed E-state index contributed by atoms with van der Waals surface area (Å²) in [5.74, 6) is -4.40. The van der Waals surface area contributed by atoms with Crippen molar-refractivity contribution in [2.24, 2.45) is 25.9 Å². The van der Waals surface area contributed by atoms with E-state index in [0.29, 0.717) is 91.8 Å². The third-order valence-corrected chi connectivity index (χ3v) is 24.8. The van der Waals surface area contributed by atoms with Crippen LogP contribution in [0.4, 0.5) is 0 Å². The maximum atomic E-state index is 16.2. The summed E-state index contributed by atoms with van der Waals surface area (Å²) in [6, 6.07) is 36.8. The van der Waals surface area contributed by atoms with E-state index in [-0.39, 0.29) is 95.4 Å². The number of carbonyl (C=O) groups is 8. The van der Waals surface area contributed by atoms with Gasteiger partial charge < -0.3 is 84.0 Å². The first kappa shape index (κ1) is 91.7. The second-order valence-corrected chi connectivity index (χ2v) is 35.6. The lowest BCUT2D eigenvalue weighted by Crippen LogP contribution is -2.65. The molecular weight excluding hydrogens is 1680 g/mol. The molecule has 8 atom stereocenters. The summed E-state index contributed by atoms with van der Waals surface area (Å²) in [5, 5.41) is 28.8. The van der Waals surface area contributed by atoms with E-state index in [2.05, 4.69) is 31.2 Å². The number of imidazole rings is 2. The van der Waals surface area contributed by atoms with Crippen LogP contribution >= 0.6 is 46.4 Å². The van der Waals surface area contributed by atoms with E-state index in [9.17, 15) is 5.21 Å². The van der Waals surface area contributed by atoms with Crippen molar-refractivity contribution in [3.63, 3.8) is 0 Å². The topological polar surface area (TPSA) is 304 Å². The minimum absolute atomic E-state index is 0.0138. The van der Waals surface area contributed by atoms with Gasteiger partial charge in [0.2, 0.25) is 47.3 Å². The van der Waals surface area contributed by atoms with Gasteiger partial charge in [-0.3, -0.25) is 38.4 Å². The van der Waals surface area contributed by atoms with Crippen LogP contribution in [0.15, 0.2) is 164 Å². The molecule has 0 spiro atoms. The van der Waals surface area contributed by atoms with E-state index in [4.69, 9.17) is 65.4 Å². The fourth-order valence-electron chi connectivity index (χ4n) is 17.2. The van der Waals surface area contributed by atoms with Crippen molar-refractivity contribution < 1.29 is 62.0 Å². The van der Waals surface area contributed by atoms with Gasteiger partial charge in [0.25, 0.3) is 0 Å². The number of hydrogen-bond donors (Lipinski definition) is 4. The Morgan fingerprint density at radius 3 is 1.30 bits per heavy atom. The molecule has 32 heteroatoms. The number of carbonyl (C=O) groups excluding carboxylic acids is 8. The molecule has 3 aromatic heterocycles. The molecule has 4 bridgehead atoms. The lowest BCUT2D eigenvalue weighted by molar-refractivity contribution is -0.614. The van der Waals surface area contributed by atoms with Crippen molar-refractivity contribution in [1.82, 2.24) is 69.8 Å². The van der Waals surface area contributed by atoms with E-state index in [1.54, 1.807) is 101 Å². The molecule has 4 saturated heterocycles. The number of rotatable bonds is 26. The van der Waals surface area contributed by atoms with Crippen molar-refractivity contribution in [3.05, 3.63) is 235 Å². The van der Waals surface area contributed by atoms with Crippen LogP contribution in [0.1, 0.15) is 97.5 Å². The zero-order valence-corrected chi connectivity index (χ0v) is 75.0. The summed E-state index contributed by atoms with van der Waals surface area (Å²) in [5.41, 5.74) is 4.06. The smallest absolute Gasteiger partial charge is 0.245 e. The maximum Gasteiger partial charge on any atom is 0.245 e. The van der Waals surface area contributed by atoms with Gasteiger partial charge in [-0.15, -0.1) is 0 Å². The molecule has 0 unspecified atom stereocenters. The second kappa shape index (κ2) is 40.6. The first-order chi connectivity index (χ1) is 59.8. The second-order valence-electron chi connectivity index (χ2n) is 33.8. The van der Waals surface area contributed by atoms with E-state index in [1.807, 2.05) is 122 Å². The van der Waals surface area contributed by atoms with Gasteiger partial charge in [-0.2, -0.15) is 4.73 Å². The average molecular weight is 1780 g/mol.